The molecule has 5 nitrogen and oxygen atoms in total. The predicted octanol–water partition coefficient (Wildman–Crippen LogP) is 4.10. The molecule has 1 aliphatic rings. The Morgan fingerprint density at radius 1 is 1.10 bits per heavy atom. The number of anilines is 1. The summed E-state index contributed by atoms with van der Waals surface area (Å²) in [5.41, 5.74) is 1.94. The Balaban J connectivity index is 0.00000240. The van der Waals surface area contributed by atoms with Crippen LogP contribution in [0, 0.1) is 0 Å². The number of hydrogen-bond donors (Lipinski definition) is 0. The van der Waals surface area contributed by atoms with Crippen molar-refractivity contribution in [3.05, 3.63) is 66.2 Å². The van der Waals surface area contributed by atoms with Crippen LogP contribution in [0.3, 0.4) is 0 Å². The van der Waals surface area contributed by atoms with E-state index >= 15 is 0 Å². The highest BCUT2D eigenvalue weighted by molar-refractivity contribution is 7.22. The third-order valence-corrected chi connectivity index (χ3v) is 5.80. The van der Waals surface area contributed by atoms with Crippen molar-refractivity contribution in [1.82, 2.24) is 9.88 Å². The highest BCUT2D eigenvalue weighted by Crippen LogP contribution is 2.28. The molecule has 0 atom stereocenters. The van der Waals surface area contributed by atoms with Gasteiger partial charge in [-0.3, -0.25) is 14.6 Å². The van der Waals surface area contributed by atoms with Crippen molar-refractivity contribution in [3.63, 3.8) is 0 Å². The minimum Gasteiger partial charge on any atom is -0.379 e. The topological polar surface area (TPSA) is 45.7 Å². The Morgan fingerprint density at radius 3 is 2.59 bits per heavy atom. The molecule has 0 saturated carbocycles. The van der Waals surface area contributed by atoms with Crippen LogP contribution >= 0.6 is 23.7 Å². The van der Waals surface area contributed by atoms with Crippen molar-refractivity contribution < 1.29 is 9.53 Å². The number of benzene rings is 2. The van der Waals surface area contributed by atoms with E-state index < -0.39 is 0 Å². The molecular formula is C22H24ClN3O2S. The summed E-state index contributed by atoms with van der Waals surface area (Å²) in [6.07, 6.45) is 3.50. The quantitative estimate of drug-likeness (QED) is 0.553. The lowest BCUT2D eigenvalue weighted by Crippen LogP contribution is -2.42. The van der Waals surface area contributed by atoms with Crippen LogP contribution in [-0.2, 0) is 9.53 Å². The number of ether oxygens (including phenoxy) is 1. The van der Waals surface area contributed by atoms with Gasteiger partial charge in [0, 0.05) is 32.3 Å². The molecule has 1 amide bonds. The maximum atomic E-state index is 13.0. The zero-order valence-electron chi connectivity index (χ0n) is 16.1. The Bertz CT molecular complexity index is 922. The van der Waals surface area contributed by atoms with E-state index in [0.717, 1.165) is 53.8 Å². The van der Waals surface area contributed by atoms with Crippen LogP contribution in [0.5, 0.6) is 0 Å². The summed E-state index contributed by atoms with van der Waals surface area (Å²) in [4.78, 5) is 21.9. The molecule has 2 heterocycles. The summed E-state index contributed by atoms with van der Waals surface area (Å²) in [5, 5.41) is 0.747. The Kier molecular flexibility index (Phi) is 7.77. The third-order valence-electron chi connectivity index (χ3n) is 4.74. The van der Waals surface area contributed by atoms with Gasteiger partial charge in [0.15, 0.2) is 5.13 Å². The zero-order valence-corrected chi connectivity index (χ0v) is 17.7. The summed E-state index contributed by atoms with van der Waals surface area (Å²) >= 11 is 1.56. The summed E-state index contributed by atoms with van der Waals surface area (Å²) in [6, 6.07) is 17.9. The second-order valence-electron chi connectivity index (χ2n) is 6.65. The minimum absolute atomic E-state index is 0. The first kappa shape index (κ1) is 21.5. The smallest absolute Gasteiger partial charge is 0.252 e. The van der Waals surface area contributed by atoms with Crippen LogP contribution in [0.15, 0.2) is 60.7 Å². The molecule has 1 aromatic heterocycles. The molecule has 0 bridgehead atoms. The molecule has 152 valence electrons. The summed E-state index contributed by atoms with van der Waals surface area (Å²) in [6.45, 7) is 4.73. The Hall–Kier alpha value is -2.25. The van der Waals surface area contributed by atoms with Crippen molar-refractivity contribution in [3.8, 4) is 0 Å². The molecule has 7 heteroatoms. The van der Waals surface area contributed by atoms with Crippen LogP contribution in [0.25, 0.3) is 16.3 Å². The lowest BCUT2D eigenvalue weighted by Gasteiger charge is -2.28. The van der Waals surface area contributed by atoms with Gasteiger partial charge in [-0.2, -0.15) is 0 Å². The second kappa shape index (κ2) is 10.5. The third kappa shape index (κ3) is 5.64. The van der Waals surface area contributed by atoms with Crippen LogP contribution in [-0.4, -0.2) is 55.2 Å². The van der Waals surface area contributed by atoms with E-state index in [2.05, 4.69) is 4.90 Å². The van der Waals surface area contributed by atoms with Crippen LogP contribution in [0.4, 0.5) is 5.13 Å². The highest BCUT2D eigenvalue weighted by atomic mass is 35.5. The standard InChI is InChI=1S/C22H23N3O2S.ClH/c26-21(11-10-18-6-2-1-3-7-18)25(13-12-24-14-16-27-17-15-24)22-23-19-8-4-5-9-20(19)28-22;/h1-11H,12-17H2;1H/b11-10+;. The van der Waals surface area contributed by atoms with Crippen LogP contribution in [0.2, 0.25) is 0 Å². The van der Waals surface area contributed by atoms with Crippen molar-refractivity contribution in [1.29, 1.82) is 0 Å². The van der Waals surface area contributed by atoms with Gasteiger partial charge in [0.25, 0.3) is 5.91 Å². The van der Waals surface area contributed by atoms with Crippen LogP contribution in [0.1, 0.15) is 5.56 Å². The molecule has 2 aromatic carbocycles. The number of aromatic nitrogens is 1. The van der Waals surface area contributed by atoms with E-state index in [4.69, 9.17) is 9.72 Å². The van der Waals surface area contributed by atoms with E-state index in [1.807, 2.05) is 60.7 Å². The minimum atomic E-state index is -0.0452. The number of rotatable bonds is 6. The molecular weight excluding hydrogens is 406 g/mol. The van der Waals surface area contributed by atoms with Gasteiger partial charge >= 0.3 is 0 Å². The van der Waals surface area contributed by atoms with E-state index in [9.17, 15) is 4.79 Å². The molecule has 3 aromatic rings. The molecule has 29 heavy (non-hydrogen) atoms. The van der Waals surface area contributed by atoms with Crippen molar-refractivity contribution in [2.45, 2.75) is 0 Å². The number of amides is 1. The number of fused-ring (bicyclic) bond motifs is 1. The first-order valence-corrected chi connectivity index (χ1v) is 10.3. The molecule has 4 rings (SSSR count). The maximum absolute atomic E-state index is 13.0. The number of hydrogen-bond acceptors (Lipinski definition) is 5. The summed E-state index contributed by atoms with van der Waals surface area (Å²) in [5.74, 6) is -0.0452. The molecule has 0 unspecified atom stereocenters. The number of nitrogens with zero attached hydrogens (tertiary/aromatic N) is 3. The summed E-state index contributed by atoms with van der Waals surface area (Å²) < 4.78 is 6.51. The largest absolute Gasteiger partial charge is 0.379 e. The van der Waals surface area contributed by atoms with Crippen molar-refractivity contribution in [2.24, 2.45) is 0 Å². The summed E-state index contributed by atoms with van der Waals surface area (Å²) in [7, 11) is 0. The number of para-hydroxylation sites is 1. The number of morpholine rings is 1. The normalized spacial score (nSPS) is 14.8. The molecule has 1 aliphatic heterocycles. The maximum Gasteiger partial charge on any atom is 0.252 e. The molecule has 0 radical (unpaired) electrons. The molecule has 0 N–H and O–H groups in total. The monoisotopic (exact) mass is 429 g/mol. The Morgan fingerprint density at radius 2 is 1.83 bits per heavy atom. The number of carbonyl (C=O) groups excluding carboxylic acids is 1. The molecule has 1 fully saturated rings. The highest BCUT2D eigenvalue weighted by Gasteiger charge is 2.20. The average Bonchev–Trinajstić information content (AvgIpc) is 3.18. The fraction of sp³-hybridized carbons (Fsp3) is 0.273. The zero-order chi connectivity index (χ0) is 19.2. The van der Waals surface area contributed by atoms with Gasteiger partial charge in [0.05, 0.1) is 23.4 Å². The van der Waals surface area contributed by atoms with E-state index in [1.54, 1.807) is 22.3 Å². The van der Waals surface area contributed by atoms with Gasteiger partial charge in [0.1, 0.15) is 0 Å². The Labute approximate surface area is 181 Å². The van der Waals surface area contributed by atoms with Gasteiger partial charge < -0.3 is 4.74 Å². The first-order valence-electron chi connectivity index (χ1n) is 9.50. The molecule has 0 aliphatic carbocycles. The van der Waals surface area contributed by atoms with E-state index in [-0.39, 0.29) is 18.3 Å². The van der Waals surface area contributed by atoms with Crippen molar-refractivity contribution in [2.75, 3.05) is 44.3 Å². The number of thiazole rings is 1. The van der Waals surface area contributed by atoms with E-state index in [0.29, 0.717) is 6.54 Å². The predicted molar refractivity (Wildman–Crippen MR) is 122 cm³/mol. The van der Waals surface area contributed by atoms with E-state index in [1.165, 1.54) is 0 Å². The van der Waals surface area contributed by atoms with Gasteiger partial charge in [-0.05, 0) is 23.8 Å². The second-order valence-corrected chi connectivity index (χ2v) is 7.66. The number of carbonyl (C=O) groups is 1. The molecule has 1 saturated heterocycles. The lowest BCUT2D eigenvalue weighted by atomic mass is 10.2. The van der Waals surface area contributed by atoms with Gasteiger partial charge in [-0.15, -0.1) is 12.4 Å². The average molecular weight is 430 g/mol. The SMILES string of the molecule is Cl.O=C(/C=C/c1ccccc1)N(CCN1CCOCC1)c1nc2ccccc2s1. The number of halogens is 1. The van der Waals surface area contributed by atoms with Crippen LogP contribution < -0.4 is 4.90 Å². The van der Waals surface area contributed by atoms with Crippen molar-refractivity contribution >= 4 is 51.1 Å². The van der Waals surface area contributed by atoms with Gasteiger partial charge in [-0.25, -0.2) is 4.98 Å². The lowest BCUT2D eigenvalue weighted by molar-refractivity contribution is -0.114. The first-order chi connectivity index (χ1) is 13.8. The van der Waals surface area contributed by atoms with Gasteiger partial charge in [-0.1, -0.05) is 53.8 Å². The van der Waals surface area contributed by atoms with Gasteiger partial charge in [0.2, 0.25) is 0 Å². The fourth-order valence-electron chi connectivity index (χ4n) is 3.16. The molecule has 0 spiro atoms. The fourth-order valence-corrected chi connectivity index (χ4v) is 4.16.